The Hall–Kier alpha value is -4.58. The summed E-state index contributed by atoms with van der Waals surface area (Å²) in [5.74, 6) is 4.05. The molecular formula is C70H120O6. The van der Waals surface area contributed by atoms with Gasteiger partial charge in [0.15, 0.2) is 34.7 Å². The summed E-state index contributed by atoms with van der Waals surface area (Å²) in [5, 5.41) is 0. The van der Waals surface area contributed by atoms with Crippen LogP contribution in [0.2, 0.25) is 0 Å². The van der Waals surface area contributed by atoms with Crippen molar-refractivity contribution < 1.29 is 28.8 Å². The fourth-order valence-corrected chi connectivity index (χ4v) is 5.43. The normalized spacial score (nSPS) is 12.3. The Morgan fingerprint density at radius 3 is 0.645 bits per heavy atom. The molecule has 0 amide bonds. The molecule has 0 radical (unpaired) electrons. The van der Waals surface area contributed by atoms with Gasteiger partial charge in [0.25, 0.3) is 0 Å². The van der Waals surface area contributed by atoms with Crippen LogP contribution in [0.25, 0.3) is 0 Å². The maximum Gasteiger partial charge on any atom is 0.160 e. The van der Waals surface area contributed by atoms with E-state index in [2.05, 4.69) is 125 Å². The maximum atomic E-state index is 11.8. The zero-order valence-electron chi connectivity index (χ0n) is 53.4. The van der Waals surface area contributed by atoms with E-state index >= 15 is 0 Å². The lowest BCUT2D eigenvalue weighted by molar-refractivity contribution is -0.123. The van der Waals surface area contributed by atoms with Gasteiger partial charge in [0.05, 0.1) is 0 Å². The van der Waals surface area contributed by atoms with Crippen LogP contribution in [-0.2, 0) is 28.8 Å². The average Bonchev–Trinajstić information content (AvgIpc) is 3.34. The topological polar surface area (TPSA) is 102 Å². The lowest BCUT2D eigenvalue weighted by atomic mass is 9.82. The summed E-state index contributed by atoms with van der Waals surface area (Å²) in [5.41, 5.74) is -0.358. The van der Waals surface area contributed by atoms with Gasteiger partial charge in [-0.3, -0.25) is 28.8 Å². The number of rotatable bonds is 32. The number of unbranched alkanes of at least 4 members (excludes halogenated alkanes) is 2. The Balaban J connectivity index is -0.000000194. The number of hydrogen-bond acceptors (Lipinski definition) is 6. The lowest BCUT2D eigenvalue weighted by Crippen LogP contribution is -2.22. The Labute approximate surface area is 471 Å². The summed E-state index contributed by atoms with van der Waals surface area (Å²) in [6.45, 7) is 45.5. The van der Waals surface area contributed by atoms with Crippen molar-refractivity contribution in [1.29, 1.82) is 0 Å². The Morgan fingerprint density at radius 2 is 0.487 bits per heavy atom. The van der Waals surface area contributed by atoms with E-state index in [1.807, 2.05) is 113 Å². The molecule has 0 aromatic heterocycles. The summed E-state index contributed by atoms with van der Waals surface area (Å²) in [7, 11) is 0. The Kier molecular flexibility index (Phi) is 61.7. The van der Waals surface area contributed by atoms with E-state index < -0.39 is 0 Å². The first-order chi connectivity index (χ1) is 35.5. The van der Waals surface area contributed by atoms with Crippen LogP contribution in [0.15, 0.2) is 122 Å². The van der Waals surface area contributed by atoms with E-state index in [-0.39, 0.29) is 45.5 Å². The molecule has 0 aliphatic carbocycles. The van der Waals surface area contributed by atoms with Crippen LogP contribution in [-0.4, -0.2) is 34.7 Å². The van der Waals surface area contributed by atoms with Crippen molar-refractivity contribution in [3.8, 4) is 0 Å². The van der Waals surface area contributed by atoms with Crippen LogP contribution in [0.5, 0.6) is 0 Å². The number of carbonyl (C=O) groups excluding carboxylic acids is 6. The number of allylic oxidation sites excluding steroid dienone is 20. The summed E-state index contributed by atoms with van der Waals surface area (Å²) in [4.78, 5) is 67.9. The van der Waals surface area contributed by atoms with Crippen molar-refractivity contribution in [2.75, 3.05) is 0 Å². The van der Waals surface area contributed by atoms with Crippen molar-refractivity contribution in [1.82, 2.24) is 0 Å². The number of ketones is 6. The number of carbonyl (C=O) groups is 6. The van der Waals surface area contributed by atoms with Gasteiger partial charge in [-0.15, -0.1) is 0 Å². The van der Waals surface area contributed by atoms with Crippen LogP contribution in [0.1, 0.15) is 242 Å². The highest BCUT2D eigenvalue weighted by molar-refractivity contribution is 5.95. The molecule has 0 aromatic rings. The van der Waals surface area contributed by atoms with E-state index in [1.54, 1.807) is 36.5 Å². The summed E-state index contributed by atoms with van der Waals surface area (Å²) in [6, 6.07) is 0. The van der Waals surface area contributed by atoms with Crippen LogP contribution >= 0.6 is 0 Å². The van der Waals surface area contributed by atoms with Gasteiger partial charge >= 0.3 is 0 Å². The van der Waals surface area contributed by atoms with Gasteiger partial charge in [0.2, 0.25) is 0 Å². The zero-order chi connectivity index (χ0) is 60.0. The second kappa shape index (κ2) is 56.6. The van der Waals surface area contributed by atoms with Crippen molar-refractivity contribution in [3.05, 3.63) is 122 Å². The SMILES string of the molecule is CC/C=C/CC(=O)/C=C/C(C)C.CC/C=C/CC(=O)/C=C\C(C)C.CC/C=C\CC(=O)/C=C/C(C)C.CC/C=C\CC(=O)/C=C\C(C)C.CCCCC(C)(C)C(=O)/C=C/C(C)C.CCCCC(C)(C)C(=O)/C=C\C(C)C. The van der Waals surface area contributed by atoms with Crippen molar-refractivity contribution in [2.24, 2.45) is 46.3 Å². The molecule has 6 heteroatoms. The first-order valence-electron chi connectivity index (χ1n) is 29.3. The van der Waals surface area contributed by atoms with Gasteiger partial charge in [0, 0.05) is 36.5 Å². The molecule has 0 unspecified atom stereocenters. The summed E-state index contributed by atoms with van der Waals surface area (Å²) < 4.78 is 0. The van der Waals surface area contributed by atoms with Gasteiger partial charge < -0.3 is 0 Å². The molecule has 6 nitrogen and oxygen atoms in total. The van der Waals surface area contributed by atoms with Crippen LogP contribution in [0, 0.1) is 46.3 Å². The second-order valence-electron chi connectivity index (χ2n) is 22.5. The van der Waals surface area contributed by atoms with E-state index in [9.17, 15) is 28.8 Å². The fourth-order valence-electron chi connectivity index (χ4n) is 5.43. The molecule has 0 fully saturated rings. The Bertz CT molecular complexity index is 1560. The predicted molar refractivity (Wildman–Crippen MR) is 337 cm³/mol. The van der Waals surface area contributed by atoms with Crippen molar-refractivity contribution in [3.63, 3.8) is 0 Å². The van der Waals surface area contributed by atoms with Gasteiger partial charge in [0.1, 0.15) is 0 Å². The molecule has 0 aliphatic rings. The lowest BCUT2D eigenvalue weighted by Gasteiger charge is -2.20. The summed E-state index contributed by atoms with van der Waals surface area (Å²) in [6.07, 6.45) is 50.4. The molecule has 0 heterocycles. The molecule has 0 saturated carbocycles. The fraction of sp³-hybridized carbons (Fsp3) is 0.629. The molecule has 0 saturated heterocycles. The van der Waals surface area contributed by atoms with Crippen LogP contribution < -0.4 is 0 Å². The monoisotopic (exact) mass is 1060 g/mol. The highest BCUT2D eigenvalue weighted by Gasteiger charge is 2.25. The molecule has 0 rings (SSSR count). The van der Waals surface area contributed by atoms with E-state index in [0.717, 1.165) is 64.2 Å². The standard InChI is InChI=1S/2C13H24O.4C11H18O/c2*1-6-7-10-13(4,5)12(14)9-8-11(2)3;4*1-4-5-6-7-11(12)9-8-10(2)3/h2*8-9,11H,6-7,10H2,1-5H3;4*5-6,8-10H,4,7H2,1-3H3/b9-8+;9-8-;6-5+,9-8+;6-5+,9-8-;6-5-,9-8+;6-5-,9-8-. The number of hydrogen-bond donors (Lipinski definition) is 0. The quantitative estimate of drug-likeness (QED) is 0.0491. The zero-order valence-corrected chi connectivity index (χ0v) is 53.4. The second-order valence-corrected chi connectivity index (χ2v) is 22.5. The summed E-state index contributed by atoms with van der Waals surface area (Å²) >= 11 is 0. The highest BCUT2D eigenvalue weighted by Crippen LogP contribution is 2.26. The van der Waals surface area contributed by atoms with Crippen molar-refractivity contribution >= 4 is 34.7 Å². The maximum absolute atomic E-state index is 11.8. The Morgan fingerprint density at radius 1 is 0.303 bits per heavy atom. The third kappa shape index (κ3) is 71.5. The largest absolute Gasteiger partial charge is 0.295 e. The molecular weight excluding hydrogens is 937 g/mol. The van der Waals surface area contributed by atoms with Crippen molar-refractivity contribution in [2.45, 2.75) is 242 Å². The molecule has 0 atom stereocenters. The molecule has 76 heavy (non-hydrogen) atoms. The minimum atomic E-state index is -0.179. The third-order valence-electron chi connectivity index (χ3n) is 10.5. The molecule has 0 N–H and O–H groups in total. The van der Waals surface area contributed by atoms with Crippen LogP contribution in [0.3, 0.4) is 0 Å². The van der Waals surface area contributed by atoms with Gasteiger partial charge in [-0.1, -0.05) is 263 Å². The smallest absolute Gasteiger partial charge is 0.160 e. The first kappa shape index (κ1) is 82.8. The molecule has 0 aliphatic heterocycles. The molecule has 0 bridgehead atoms. The minimum absolute atomic E-state index is 0.179. The van der Waals surface area contributed by atoms with Gasteiger partial charge in [-0.05, 0) is 110 Å². The van der Waals surface area contributed by atoms with Gasteiger partial charge in [-0.25, -0.2) is 0 Å². The van der Waals surface area contributed by atoms with E-state index in [1.165, 1.54) is 0 Å². The van der Waals surface area contributed by atoms with Crippen LogP contribution in [0.4, 0.5) is 0 Å². The average molecular weight is 1060 g/mol. The molecule has 0 aromatic carbocycles. The minimum Gasteiger partial charge on any atom is -0.295 e. The first-order valence-corrected chi connectivity index (χ1v) is 29.3. The van der Waals surface area contributed by atoms with E-state index in [0.29, 0.717) is 61.2 Å². The highest BCUT2D eigenvalue weighted by atomic mass is 16.1. The predicted octanol–water partition coefficient (Wildman–Crippen LogP) is 20.5. The van der Waals surface area contributed by atoms with Gasteiger partial charge in [-0.2, -0.15) is 0 Å². The third-order valence-corrected chi connectivity index (χ3v) is 10.5. The molecule has 0 spiro atoms. The molecule has 436 valence electrons. The van der Waals surface area contributed by atoms with E-state index in [4.69, 9.17) is 0 Å².